The van der Waals surface area contributed by atoms with Crippen LogP contribution in [0, 0.1) is 6.92 Å². The third-order valence-corrected chi connectivity index (χ3v) is 5.01. The van der Waals surface area contributed by atoms with Gasteiger partial charge in [-0.2, -0.15) is 0 Å². The van der Waals surface area contributed by atoms with Crippen LogP contribution in [0.3, 0.4) is 0 Å². The van der Waals surface area contributed by atoms with Crippen molar-refractivity contribution >= 4 is 17.5 Å². The molecule has 1 N–H and O–H groups in total. The fourth-order valence-corrected chi connectivity index (χ4v) is 3.55. The second kappa shape index (κ2) is 7.66. The van der Waals surface area contributed by atoms with Crippen LogP contribution in [0.15, 0.2) is 42.5 Å². The number of hydrogen-bond donors (Lipinski definition) is 1. The van der Waals surface area contributed by atoms with Crippen molar-refractivity contribution in [2.24, 2.45) is 0 Å². The Balaban J connectivity index is 1.71. The van der Waals surface area contributed by atoms with Gasteiger partial charge in [0.25, 0.3) is 5.91 Å². The third kappa shape index (κ3) is 4.03. The van der Waals surface area contributed by atoms with E-state index in [1.165, 1.54) is 12.5 Å². The molecule has 0 spiro atoms. The van der Waals surface area contributed by atoms with E-state index in [-0.39, 0.29) is 17.2 Å². The Bertz CT molecular complexity index is 882. The molecule has 0 aliphatic carbocycles. The van der Waals surface area contributed by atoms with Crippen LogP contribution in [-0.2, 0) is 15.0 Å². The summed E-state index contributed by atoms with van der Waals surface area (Å²) in [5.74, 6) is 0.442. The quantitative estimate of drug-likeness (QED) is 0.856. The molecule has 0 fully saturated rings. The van der Waals surface area contributed by atoms with Crippen LogP contribution in [0.5, 0.6) is 5.75 Å². The smallest absolute Gasteiger partial charge is 0.254 e. The molecule has 148 valence electrons. The van der Waals surface area contributed by atoms with Crippen molar-refractivity contribution in [1.82, 2.24) is 5.32 Å². The maximum Gasteiger partial charge on any atom is 0.254 e. The molecule has 0 unspecified atom stereocenters. The lowest BCUT2D eigenvalue weighted by atomic mass is 9.87. The Hall–Kier alpha value is -2.82. The van der Waals surface area contributed by atoms with Crippen molar-refractivity contribution in [2.75, 3.05) is 18.1 Å². The van der Waals surface area contributed by atoms with Crippen LogP contribution in [0.4, 0.5) is 5.69 Å². The summed E-state index contributed by atoms with van der Waals surface area (Å²) in [5, 5.41) is 2.76. The molecule has 0 saturated carbocycles. The van der Waals surface area contributed by atoms with Gasteiger partial charge in [-0.05, 0) is 35.6 Å². The molecular weight excluding hydrogens is 352 g/mol. The van der Waals surface area contributed by atoms with E-state index in [1.807, 2.05) is 37.3 Å². The molecule has 0 radical (unpaired) electrons. The van der Waals surface area contributed by atoms with E-state index in [2.05, 4.69) is 38.2 Å². The molecule has 5 nitrogen and oxygen atoms in total. The molecule has 2 amide bonds. The van der Waals surface area contributed by atoms with Crippen LogP contribution in [0.2, 0.25) is 0 Å². The van der Waals surface area contributed by atoms with E-state index in [0.717, 1.165) is 22.6 Å². The highest BCUT2D eigenvalue weighted by Gasteiger charge is 2.38. The molecule has 0 aromatic heterocycles. The average molecular weight is 380 g/mol. The first kappa shape index (κ1) is 19.9. The largest absolute Gasteiger partial charge is 0.492 e. The number of anilines is 1. The minimum absolute atomic E-state index is 0.0977. The van der Waals surface area contributed by atoms with Gasteiger partial charge in [0.1, 0.15) is 18.4 Å². The topological polar surface area (TPSA) is 58.6 Å². The summed E-state index contributed by atoms with van der Waals surface area (Å²) >= 11 is 0. The number of carbonyl (C=O) groups is 2. The Labute approximate surface area is 166 Å². The first-order chi connectivity index (χ1) is 13.2. The fourth-order valence-electron chi connectivity index (χ4n) is 3.55. The SMILES string of the molecule is CC(=O)N[C@H]1C(=O)N(CCOc2ccc(C(C)(C)C)cc2)c2c(C)cccc21. The molecule has 3 rings (SSSR count). The fraction of sp³-hybridized carbons (Fsp3) is 0.391. The molecule has 1 heterocycles. The number of rotatable bonds is 5. The summed E-state index contributed by atoms with van der Waals surface area (Å²) in [6.45, 7) is 10.7. The molecule has 0 saturated heterocycles. The summed E-state index contributed by atoms with van der Waals surface area (Å²) < 4.78 is 5.87. The van der Waals surface area contributed by atoms with Crippen molar-refractivity contribution < 1.29 is 14.3 Å². The minimum Gasteiger partial charge on any atom is -0.492 e. The van der Waals surface area contributed by atoms with E-state index >= 15 is 0 Å². The predicted octanol–water partition coefficient (Wildman–Crippen LogP) is 3.90. The van der Waals surface area contributed by atoms with E-state index in [0.29, 0.717) is 13.2 Å². The zero-order valence-corrected chi connectivity index (χ0v) is 17.2. The van der Waals surface area contributed by atoms with Gasteiger partial charge in [-0.25, -0.2) is 0 Å². The van der Waals surface area contributed by atoms with Crippen molar-refractivity contribution in [2.45, 2.75) is 46.1 Å². The Morgan fingerprint density at radius 2 is 1.82 bits per heavy atom. The highest BCUT2D eigenvalue weighted by molar-refractivity contribution is 6.06. The second-order valence-corrected chi connectivity index (χ2v) is 8.26. The van der Waals surface area contributed by atoms with Crippen LogP contribution < -0.4 is 15.0 Å². The molecule has 2 aromatic rings. The molecule has 28 heavy (non-hydrogen) atoms. The summed E-state index contributed by atoms with van der Waals surface area (Å²) in [7, 11) is 0. The summed E-state index contributed by atoms with van der Waals surface area (Å²) in [5.41, 5.74) is 4.07. The number of benzene rings is 2. The molecule has 1 aliphatic heterocycles. The predicted molar refractivity (Wildman–Crippen MR) is 111 cm³/mol. The van der Waals surface area contributed by atoms with Gasteiger partial charge in [-0.3, -0.25) is 9.59 Å². The lowest BCUT2D eigenvalue weighted by Crippen LogP contribution is -2.38. The number of carbonyl (C=O) groups excluding carboxylic acids is 2. The standard InChI is InChI=1S/C23H28N2O3/c1-15-7-6-8-19-20(24-16(2)26)22(27)25(21(15)19)13-14-28-18-11-9-17(10-12-18)23(3,4)5/h6-12,20H,13-14H2,1-5H3,(H,24,26)/t20-/m1/s1. The van der Waals surface area contributed by atoms with Gasteiger partial charge in [0.15, 0.2) is 0 Å². The summed E-state index contributed by atoms with van der Waals surface area (Å²) in [4.78, 5) is 26.2. The van der Waals surface area contributed by atoms with Crippen LogP contribution >= 0.6 is 0 Å². The van der Waals surface area contributed by atoms with Gasteiger partial charge < -0.3 is 15.0 Å². The Morgan fingerprint density at radius 3 is 2.43 bits per heavy atom. The van der Waals surface area contributed by atoms with E-state index in [4.69, 9.17) is 4.74 Å². The summed E-state index contributed by atoms with van der Waals surface area (Å²) in [6.07, 6.45) is 0. The maximum absolute atomic E-state index is 12.9. The molecule has 1 aliphatic rings. The molecule has 1 atom stereocenters. The number of ether oxygens (including phenoxy) is 1. The van der Waals surface area contributed by atoms with Crippen molar-refractivity contribution in [3.05, 3.63) is 59.2 Å². The number of amides is 2. The van der Waals surface area contributed by atoms with Gasteiger partial charge in [0.2, 0.25) is 5.91 Å². The maximum atomic E-state index is 12.9. The number of hydrogen-bond acceptors (Lipinski definition) is 3. The molecule has 5 heteroatoms. The Morgan fingerprint density at radius 1 is 1.14 bits per heavy atom. The lowest BCUT2D eigenvalue weighted by Gasteiger charge is -2.21. The molecular formula is C23H28N2O3. The minimum atomic E-state index is -0.626. The van der Waals surface area contributed by atoms with Crippen molar-refractivity contribution in [3.8, 4) is 5.75 Å². The molecule has 0 bridgehead atoms. The number of aryl methyl sites for hydroxylation is 1. The number of para-hydroxylation sites is 1. The monoisotopic (exact) mass is 380 g/mol. The average Bonchev–Trinajstić information content (AvgIpc) is 2.88. The Kier molecular flexibility index (Phi) is 5.45. The van der Waals surface area contributed by atoms with Gasteiger partial charge in [-0.1, -0.05) is 51.1 Å². The van der Waals surface area contributed by atoms with Crippen LogP contribution in [0.25, 0.3) is 0 Å². The second-order valence-electron chi connectivity index (χ2n) is 8.26. The van der Waals surface area contributed by atoms with Gasteiger partial charge in [0.05, 0.1) is 12.2 Å². The van der Waals surface area contributed by atoms with E-state index < -0.39 is 6.04 Å². The van der Waals surface area contributed by atoms with Crippen molar-refractivity contribution in [3.63, 3.8) is 0 Å². The number of nitrogens with zero attached hydrogens (tertiary/aromatic N) is 1. The lowest BCUT2D eigenvalue weighted by molar-refractivity contribution is -0.126. The summed E-state index contributed by atoms with van der Waals surface area (Å²) in [6, 6.07) is 13.2. The van der Waals surface area contributed by atoms with Crippen LogP contribution in [0.1, 0.15) is 50.4 Å². The van der Waals surface area contributed by atoms with E-state index in [1.54, 1.807) is 4.90 Å². The number of nitrogens with one attached hydrogen (secondary N) is 1. The normalized spacial score (nSPS) is 16.1. The zero-order chi connectivity index (χ0) is 20.5. The highest BCUT2D eigenvalue weighted by Crippen LogP contribution is 2.38. The molecule has 2 aromatic carbocycles. The zero-order valence-electron chi connectivity index (χ0n) is 17.2. The van der Waals surface area contributed by atoms with Crippen LogP contribution in [-0.4, -0.2) is 25.0 Å². The first-order valence-corrected chi connectivity index (χ1v) is 9.60. The van der Waals surface area contributed by atoms with Gasteiger partial charge in [-0.15, -0.1) is 0 Å². The van der Waals surface area contributed by atoms with Crippen molar-refractivity contribution in [1.29, 1.82) is 0 Å². The first-order valence-electron chi connectivity index (χ1n) is 9.60. The van der Waals surface area contributed by atoms with Gasteiger partial charge in [0, 0.05) is 12.5 Å². The third-order valence-electron chi connectivity index (χ3n) is 5.01. The van der Waals surface area contributed by atoms with Gasteiger partial charge >= 0.3 is 0 Å². The highest BCUT2D eigenvalue weighted by atomic mass is 16.5. The number of fused-ring (bicyclic) bond motifs is 1. The van der Waals surface area contributed by atoms with E-state index in [9.17, 15) is 9.59 Å².